The van der Waals surface area contributed by atoms with Crippen LogP contribution in [0.5, 0.6) is 0 Å². The Hall–Kier alpha value is -0.940. The number of nitrogens with two attached hydrogens (primary N) is 1. The van der Waals surface area contributed by atoms with E-state index in [4.69, 9.17) is 10.8 Å². The summed E-state index contributed by atoms with van der Waals surface area (Å²) in [4.78, 5) is 15.2. The number of nitrogens with zero attached hydrogens (tertiary/aromatic N) is 1. The van der Waals surface area contributed by atoms with E-state index in [1.807, 2.05) is 6.92 Å². The first-order valence-corrected chi connectivity index (χ1v) is 5.34. The summed E-state index contributed by atoms with van der Waals surface area (Å²) < 4.78 is 0. The number of carboxylic acids is 1. The lowest BCUT2D eigenvalue weighted by atomic mass is 10.2. The Morgan fingerprint density at radius 1 is 1.71 bits per heavy atom. The molecule has 0 spiro atoms. The molecule has 0 aliphatic rings. The van der Waals surface area contributed by atoms with Gasteiger partial charge in [0.15, 0.2) is 0 Å². The normalized spacial score (nSPS) is 12.8. The van der Waals surface area contributed by atoms with Gasteiger partial charge in [-0.05, 0) is 13.3 Å². The molecule has 1 rings (SSSR count). The molecule has 0 saturated carbocycles. The molecule has 1 aromatic heterocycles. The second-order valence-corrected chi connectivity index (χ2v) is 4.20. The molecular formula is C9H14N2O2S. The van der Waals surface area contributed by atoms with E-state index in [0.717, 1.165) is 17.8 Å². The lowest BCUT2D eigenvalue weighted by Crippen LogP contribution is -2.09. The van der Waals surface area contributed by atoms with Gasteiger partial charge >= 0.3 is 5.97 Å². The molecule has 0 aliphatic carbocycles. The highest BCUT2D eigenvalue weighted by Crippen LogP contribution is 2.24. The maximum Gasteiger partial charge on any atom is 0.347 e. The minimum Gasteiger partial charge on any atom is -0.477 e. The van der Waals surface area contributed by atoms with E-state index in [-0.39, 0.29) is 6.04 Å². The van der Waals surface area contributed by atoms with E-state index in [0.29, 0.717) is 10.6 Å². The van der Waals surface area contributed by atoms with E-state index in [2.05, 4.69) is 4.98 Å². The van der Waals surface area contributed by atoms with Gasteiger partial charge in [0, 0.05) is 0 Å². The van der Waals surface area contributed by atoms with Crippen molar-refractivity contribution in [2.45, 2.75) is 32.7 Å². The monoisotopic (exact) mass is 214 g/mol. The molecule has 0 bridgehead atoms. The van der Waals surface area contributed by atoms with E-state index < -0.39 is 5.97 Å². The number of aryl methyl sites for hydroxylation is 1. The summed E-state index contributed by atoms with van der Waals surface area (Å²) in [5.41, 5.74) is 6.40. The summed E-state index contributed by atoms with van der Waals surface area (Å²) >= 11 is 1.18. The van der Waals surface area contributed by atoms with Crippen LogP contribution < -0.4 is 5.73 Å². The number of carboxylic acid groups (broad SMARTS) is 1. The summed E-state index contributed by atoms with van der Waals surface area (Å²) in [6.07, 6.45) is 1.81. The standard InChI is InChI=1S/C9H14N2O2S/c1-3-4-6(10)8-11-5(2)7(14-8)9(12)13/h6H,3-4,10H2,1-2H3,(H,12,13). The van der Waals surface area contributed by atoms with E-state index >= 15 is 0 Å². The van der Waals surface area contributed by atoms with Gasteiger partial charge in [0.1, 0.15) is 9.88 Å². The van der Waals surface area contributed by atoms with Crippen LogP contribution in [0.25, 0.3) is 0 Å². The van der Waals surface area contributed by atoms with Crippen molar-refractivity contribution in [1.82, 2.24) is 4.98 Å². The van der Waals surface area contributed by atoms with Crippen molar-refractivity contribution in [3.8, 4) is 0 Å². The van der Waals surface area contributed by atoms with Gasteiger partial charge in [-0.1, -0.05) is 13.3 Å². The summed E-state index contributed by atoms with van der Waals surface area (Å²) in [6.45, 7) is 3.74. The molecule has 1 heterocycles. The third kappa shape index (κ3) is 2.30. The predicted octanol–water partition coefficient (Wildman–Crippen LogP) is 1.95. The smallest absolute Gasteiger partial charge is 0.347 e. The molecule has 0 amide bonds. The first-order chi connectivity index (χ1) is 6.56. The fourth-order valence-electron chi connectivity index (χ4n) is 1.21. The average Bonchev–Trinajstić information content (AvgIpc) is 2.48. The molecule has 0 saturated heterocycles. The van der Waals surface area contributed by atoms with Crippen molar-refractivity contribution in [3.63, 3.8) is 0 Å². The van der Waals surface area contributed by atoms with Gasteiger partial charge in [0.2, 0.25) is 0 Å². The molecule has 0 fully saturated rings. The summed E-state index contributed by atoms with van der Waals surface area (Å²) in [7, 11) is 0. The van der Waals surface area contributed by atoms with Gasteiger partial charge in [-0.3, -0.25) is 0 Å². The third-order valence-electron chi connectivity index (χ3n) is 1.92. The summed E-state index contributed by atoms with van der Waals surface area (Å²) in [5, 5.41) is 9.54. The number of thiazole rings is 1. The fourth-order valence-corrected chi connectivity index (χ4v) is 2.15. The van der Waals surface area contributed by atoms with Crippen molar-refractivity contribution in [2.75, 3.05) is 0 Å². The van der Waals surface area contributed by atoms with Crippen LogP contribution in [-0.4, -0.2) is 16.1 Å². The number of hydrogen-bond donors (Lipinski definition) is 2. The Kier molecular flexibility index (Phi) is 3.60. The molecule has 5 heteroatoms. The van der Waals surface area contributed by atoms with Crippen LogP contribution in [-0.2, 0) is 0 Å². The van der Waals surface area contributed by atoms with Gasteiger partial charge < -0.3 is 10.8 Å². The Morgan fingerprint density at radius 2 is 2.36 bits per heavy atom. The molecule has 3 N–H and O–H groups in total. The van der Waals surface area contributed by atoms with E-state index in [9.17, 15) is 4.79 Å². The van der Waals surface area contributed by atoms with Gasteiger partial charge in [-0.25, -0.2) is 9.78 Å². The quantitative estimate of drug-likeness (QED) is 0.803. The van der Waals surface area contributed by atoms with Crippen LogP contribution in [0, 0.1) is 6.92 Å². The molecule has 1 unspecified atom stereocenters. The topological polar surface area (TPSA) is 76.2 Å². The molecule has 0 radical (unpaired) electrons. The zero-order valence-electron chi connectivity index (χ0n) is 8.28. The Labute approximate surface area is 86.8 Å². The zero-order valence-corrected chi connectivity index (χ0v) is 9.10. The maximum absolute atomic E-state index is 10.7. The number of aromatic nitrogens is 1. The third-order valence-corrected chi connectivity index (χ3v) is 3.20. The van der Waals surface area contributed by atoms with Crippen molar-refractivity contribution >= 4 is 17.3 Å². The number of hydrogen-bond acceptors (Lipinski definition) is 4. The molecule has 14 heavy (non-hydrogen) atoms. The Balaban J connectivity index is 2.90. The zero-order chi connectivity index (χ0) is 10.7. The van der Waals surface area contributed by atoms with Crippen molar-refractivity contribution in [1.29, 1.82) is 0 Å². The molecule has 1 aromatic rings. The highest BCUT2D eigenvalue weighted by Gasteiger charge is 2.17. The molecule has 0 aliphatic heterocycles. The molecular weight excluding hydrogens is 200 g/mol. The minimum atomic E-state index is -0.921. The first kappa shape index (κ1) is 11.1. The Morgan fingerprint density at radius 3 is 2.79 bits per heavy atom. The fraction of sp³-hybridized carbons (Fsp3) is 0.556. The van der Waals surface area contributed by atoms with Crippen LogP contribution in [0.3, 0.4) is 0 Å². The van der Waals surface area contributed by atoms with E-state index in [1.54, 1.807) is 6.92 Å². The highest BCUT2D eigenvalue weighted by molar-refractivity contribution is 7.13. The van der Waals surface area contributed by atoms with Gasteiger partial charge in [-0.15, -0.1) is 11.3 Å². The second-order valence-electron chi connectivity index (χ2n) is 3.17. The predicted molar refractivity (Wildman–Crippen MR) is 55.6 cm³/mol. The van der Waals surface area contributed by atoms with Crippen LogP contribution in [0.2, 0.25) is 0 Å². The SMILES string of the molecule is CCCC(N)c1nc(C)c(C(=O)O)s1. The highest BCUT2D eigenvalue weighted by atomic mass is 32.1. The molecule has 78 valence electrons. The van der Waals surface area contributed by atoms with Crippen molar-refractivity contribution < 1.29 is 9.90 Å². The van der Waals surface area contributed by atoms with Gasteiger partial charge in [-0.2, -0.15) is 0 Å². The second kappa shape index (κ2) is 4.52. The van der Waals surface area contributed by atoms with E-state index in [1.165, 1.54) is 11.3 Å². The molecule has 1 atom stereocenters. The van der Waals surface area contributed by atoms with Crippen molar-refractivity contribution in [3.05, 3.63) is 15.6 Å². The Bertz CT molecular complexity index is 336. The van der Waals surface area contributed by atoms with Crippen LogP contribution in [0.4, 0.5) is 0 Å². The maximum atomic E-state index is 10.7. The minimum absolute atomic E-state index is 0.128. The number of carbonyl (C=O) groups is 1. The largest absolute Gasteiger partial charge is 0.477 e. The van der Waals surface area contributed by atoms with Crippen molar-refractivity contribution in [2.24, 2.45) is 5.73 Å². The van der Waals surface area contributed by atoms with Crippen LogP contribution >= 0.6 is 11.3 Å². The average molecular weight is 214 g/mol. The molecule has 4 nitrogen and oxygen atoms in total. The lowest BCUT2D eigenvalue weighted by Gasteiger charge is -2.04. The summed E-state index contributed by atoms with van der Waals surface area (Å²) in [5.74, 6) is -0.921. The van der Waals surface area contributed by atoms with Gasteiger partial charge in [0.05, 0.1) is 11.7 Å². The number of aromatic carboxylic acids is 1. The first-order valence-electron chi connectivity index (χ1n) is 4.52. The van der Waals surface area contributed by atoms with Crippen LogP contribution in [0.15, 0.2) is 0 Å². The number of rotatable bonds is 4. The molecule has 0 aromatic carbocycles. The summed E-state index contributed by atoms with van der Waals surface area (Å²) in [6, 6.07) is -0.128. The van der Waals surface area contributed by atoms with Gasteiger partial charge in [0.25, 0.3) is 0 Å². The lowest BCUT2D eigenvalue weighted by molar-refractivity contribution is 0.0701. The van der Waals surface area contributed by atoms with Crippen LogP contribution in [0.1, 0.15) is 46.2 Å².